The molecule has 4 fully saturated rings. The van der Waals surface area contributed by atoms with Crippen molar-refractivity contribution in [3.63, 3.8) is 0 Å². The molecule has 2 saturated carbocycles. The van der Waals surface area contributed by atoms with Crippen molar-refractivity contribution in [3.8, 4) is 12.1 Å². The van der Waals surface area contributed by atoms with E-state index in [1.165, 1.54) is 12.1 Å². The molecule has 2 saturated heterocycles. The number of amides is 4. The van der Waals surface area contributed by atoms with E-state index in [9.17, 15) is 38.5 Å². The minimum Gasteiger partial charge on any atom is -0.371 e. The van der Waals surface area contributed by atoms with Gasteiger partial charge in [-0.25, -0.2) is 8.78 Å². The second kappa shape index (κ2) is 18.1. The van der Waals surface area contributed by atoms with Crippen molar-refractivity contribution >= 4 is 35.0 Å². The number of carbonyl (C=O) groups excluding carboxylic acids is 4. The molecule has 2 aromatic rings. The van der Waals surface area contributed by atoms with Crippen molar-refractivity contribution in [2.75, 3.05) is 30.3 Å². The molecule has 10 atom stereocenters. The van der Waals surface area contributed by atoms with Gasteiger partial charge in [-0.3, -0.25) is 34.9 Å². The number of nitrogens with one attached hydrogen (secondary N) is 8. The van der Waals surface area contributed by atoms with Gasteiger partial charge in [0.1, 0.15) is 47.9 Å². The van der Waals surface area contributed by atoms with E-state index in [1.807, 2.05) is 0 Å². The molecule has 4 amide bonds. The molecule has 10 unspecified atom stereocenters. The van der Waals surface area contributed by atoms with Gasteiger partial charge >= 0.3 is 0 Å². The third-order valence-corrected chi connectivity index (χ3v) is 13.1. The van der Waals surface area contributed by atoms with Gasteiger partial charge in [0.25, 0.3) is 0 Å². The molecule has 0 radical (unpaired) electrons. The van der Waals surface area contributed by atoms with E-state index in [0.29, 0.717) is 55.0 Å². The van der Waals surface area contributed by atoms with E-state index in [2.05, 4.69) is 59.8 Å². The Kier molecular flexibility index (Phi) is 12.5. The van der Waals surface area contributed by atoms with Gasteiger partial charge in [-0.1, -0.05) is 37.1 Å². The van der Waals surface area contributed by atoms with Gasteiger partial charge < -0.3 is 31.9 Å². The third kappa shape index (κ3) is 9.49. The van der Waals surface area contributed by atoms with Crippen LogP contribution in [-0.4, -0.2) is 96.5 Å². The van der Waals surface area contributed by atoms with Crippen LogP contribution in [0.1, 0.15) is 68.9 Å². The molecule has 8 rings (SSSR count). The first kappa shape index (κ1) is 41.4. The Morgan fingerprint density at radius 1 is 0.767 bits per heavy atom. The first-order valence-electron chi connectivity index (χ1n) is 21.4. The smallest absolute Gasteiger partial charge is 0.243 e. The summed E-state index contributed by atoms with van der Waals surface area (Å²) in [5.41, 5.74) is 8.09. The van der Waals surface area contributed by atoms with Gasteiger partial charge in [0.15, 0.2) is 0 Å². The Morgan fingerprint density at radius 2 is 1.37 bits per heavy atom. The molecule has 2 aliphatic carbocycles. The predicted octanol–water partition coefficient (Wildman–Crippen LogP) is 1.87. The summed E-state index contributed by atoms with van der Waals surface area (Å²) < 4.78 is 28.9. The second-order valence-electron chi connectivity index (χ2n) is 17.4. The maximum atomic E-state index is 14.5. The predicted molar refractivity (Wildman–Crippen MR) is 216 cm³/mol. The Hall–Kier alpha value is -5.36. The lowest BCUT2D eigenvalue weighted by Crippen LogP contribution is -2.59. The van der Waals surface area contributed by atoms with Crippen molar-refractivity contribution in [2.45, 2.75) is 119 Å². The summed E-state index contributed by atoms with van der Waals surface area (Å²) in [5.74, 6) is -2.42. The van der Waals surface area contributed by atoms with Crippen LogP contribution in [0, 0.1) is 52.1 Å². The fraction of sp³-hybridized carbons (Fsp3) is 0.581. The van der Waals surface area contributed by atoms with Gasteiger partial charge in [0.2, 0.25) is 23.6 Å². The number of hydrogen-bond donors (Lipinski definition) is 8. The topological polar surface area (TPSA) is 215 Å². The summed E-state index contributed by atoms with van der Waals surface area (Å²) in [6, 6.07) is 8.79. The van der Waals surface area contributed by atoms with E-state index >= 15 is 0 Å². The third-order valence-electron chi connectivity index (χ3n) is 13.1. The van der Waals surface area contributed by atoms with Crippen molar-refractivity contribution in [1.29, 1.82) is 10.5 Å². The number of para-hydroxylation sites is 2. The first-order valence-corrected chi connectivity index (χ1v) is 21.4. The van der Waals surface area contributed by atoms with Crippen molar-refractivity contribution in [1.82, 2.24) is 37.0 Å². The average Bonchev–Trinajstić information content (AvgIpc) is 4.14. The first-order chi connectivity index (χ1) is 29.1. The molecule has 15 nitrogen and oxygen atoms in total. The largest absolute Gasteiger partial charge is 0.371 e. The van der Waals surface area contributed by atoms with Crippen LogP contribution in [0.15, 0.2) is 36.4 Å². The molecular weight excluding hydrogens is 773 g/mol. The monoisotopic (exact) mass is 825 g/mol. The molecule has 60 heavy (non-hydrogen) atoms. The molecule has 0 spiro atoms. The molecule has 0 bridgehead atoms. The summed E-state index contributed by atoms with van der Waals surface area (Å²) >= 11 is 0. The van der Waals surface area contributed by atoms with Crippen LogP contribution in [0.4, 0.5) is 20.2 Å². The van der Waals surface area contributed by atoms with Crippen LogP contribution in [-0.2, 0) is 32.0 Å². The number of hydrogen-bond acceptors (Lipinski definition) is 11. The number of anilines is 2. The Bertz CT molecular complexity index is 2050. The Labute approximate surface area is 348 Å². The highest BCUT2D eigenvalue weighted by Crippen LogP contribution is 2.42. The maximum absolute atomic E-state index is 14.5. The molecule has 2 aromatic carbocycles. The average molecular weight is 826 g/mol. The number of nitrogens with zero attached hydrogens (tertiary/aromatic N) is 3. The zero-order chi connectivity index (χ0) is 41.9. The lowest BCUT2D eigenvalue weighted by Gasteiger charge is -2.36. The molecular formula is C43H53F2N11O4. The highest BCUT2D eigenvalue weighted by atomic mass is 19.1. The minimum atomic E-state index is -0.951. The molecule has 4 heterocycles. The molecule has 8 N–H and O–H groups in total. The number of rotatable bonds is 15. The highest BCUT2D eigenvalue weighted by molar-refractivity contribution is 5.93. The van der Waals surface area contributed by atoms with Crippen molar-refractivity contribution in [2.24, 2.45) is 17.8 Å². The van der Waals surface area contributed by atoms with Gasteiger partial charge in [-0.15, -0.1) is 0 Å². The van der Waals surface area contributed by atoms with Crippen LogP contribution >= 0.6 is 0 Å². The van der Waals surface area contributed by atoms with E-state index < -0.39 is 71.5 Å². The van der Waals surface area contributed by atoms with Gasteiger partial charge in [0, 0.05) is 37.9 Å². The zero-order valence-electron chi connectivity index (χ0n) is 33.4. The lowest BCUT2D eigenvalue weighted by molar-refractivity contribution is -0.130. The van der Waals surface area contributed by atoms with E-state index in [1.54, 1.807) is 24.3 Å². The summed E-state index contributed by atoms with van der Waals surface area (Å²) in [6.45, 7) is 2.07. The van der Waals surface area contributed by atoms with Gasteiger partial charge in [-0.2, -0.15) is 10.5 Å². The summed E-state index contributed by atoms with van der Waals surface area (Å²) in [6.07, 6.45) is 7.09. The van der Waals surface area contributed by atoms with Crippen LogP contribution in [0.25, 0.3) is 0 Å². The second-order valence-corrected chi connectivity index (χ2v) is 17.4. The molecule has 17 heteroatoms. The number of benzene rings is 2. The van der Waals surface area contributed by atoms with E-state index in [-0.39, 0.29) is 36.0 Å². The summed E-state index contributed by atoms with van der Waals surface area (Å²) in [5, 5.41) is 37.9. The van der Waals surface area contributed by atoms with Crippen LogP contribution in [0.2, 0.25) is 0 Å². The highest BCUT2D eigenvalue weighted by Gasteiger charge is 2.47. The quantitative estimate of drug-likeness (QED) is 0.130. The lowest BCUT2D eigenvalue weighted by atomic mass is 9.90. The fourth-order valence-electron chi connectivity index (χ4n) is 9.47. The van der Waals surface area contributed by atoms with Crippen molar-refractivity contribution < 1.29 is 28.0 Å². The molecule has 6 aliphatic rings. The molecule has 4 aliphatic heterocycles. The summed E-state index contributed by atoms with van der Waals surface area (Å²) in [4.78, 5) is 57.0. The molecule has 0 aromatic heterocycles. The number of halogens is 2. The van der Waals surface area contributed by atoms with Gasteiger partial charge in [0.05, 0.1) is 29.6 Å². The van der Waals surface area contributed by atoms with Gasteiger partial charge in [-0.05, 0) is 86.6 Å². The number of carbonyl (C=O) groups is 4. The fourth-order valence-corrected chi connectivity index (χ4v) is 9.47. The van der Waals surface area contributed by atoms with Crippen LogP contribution < -0.4 is 42.8 Å². The van der Waals surface area contributed by atoms with Crippen LogP contribution in [0.5, 0.6) is 0 Å². The zero-order valence-corrected chi connectivity index (χ0v) is 33.4. The van der Waals surface area contributed by atoms with Crippen LogP contribution in [0.3, 0.4) is 0 Å². The van der Waals surface area contributed by atoms with E-state index in [4.69, 9.17) is 0 Å². The summed E-state index contributed by atoms with van der Waals surface area (Å²) in [7, 11) is 0. The standard InChI is InChI=1S/C43H53F2N11O4/c44-28-8-1-5-24-16-32(49-38(24)28)41(58)51-31(15-23-11-12-23)40(57)53-35(20-46)26-7-4-14-56(22-26)37-19-27(37)18-34(43(60)54-36(21-47)30-10-3-13-48-55-30)52-42(59)33-17-25-6-2-9-29(45)39(25)50-33/h1-2,5-6,8-9,23,26-27,30-37,48-50,55H,3-4,7,10-19,22H2,(H,51,58)(H,52,59)(H,53,57)(H,54,60). The normalized spacial score (nSPS) is 27.5. The number of piperidine rings is 1. The number of fused-ring (bicyclic) bond motifs is 2. The SMILES string of the molecule is N#CC(NC(=O)C(CC1CC1)NC(=O)C1Cc2cccc(F)c2N1)C1CCCN(C2CC2CC(NC(=O)C2Cc3cccc(F)c3N2)C(=O)NC(C#N)C2CCCNN2)C1. The number of hydrazine groups is 1. The minimum absolute atomic E-state index is 0.0399. The maximum Gasteiger partial charge on any atom is 0.243 e. The number of likely N-dealkylation sites (tertiary alicyclic amines) is 1. The Morgan fingerprint density at radius 3 is 1.92 bits per heavy atom. The van der Waals surface area contributed by atoms with Crippen molar-refractivity contribution in [3.05, 3.63) is 59.2 Å². The number of nitriles is 2. The Balaban J connectivity index is 0.882. The van der Waals surface area contributed by atoms with E-state index in [0.717, 1.165) is 51.6 Å². The molecule has 318 valence electrons.